The number of amides is 2. The Bertz CT molecular complexity index is 803. The van der Waals surface area contributed by atoms with Crippen molar-refractivity contribution in [3.05, 3.63) is 35.2 Å². The van der Waals surface area contributed by atoms with Crippen molar-refractivity contribution in [2.24, 2.45) is 11.8 Å². The van der Waals surface area contributed by atoms with Crippen molar-refractivity contribution in [1.82, 2.24) is 9.88 Å². The quantitative estimate of drug-likeness (QED) is 0.894. The maximum absolute atomic E-state index is 12.5. The number of carbonyl (C=O) groups excluding carboxylic acids is 2. The summed E-state index contributed by atoms with van der Waals surface area (Å²) in [6, 6.07) is 8.21. The number of nitrogens with zero attached hydrogens (tertiary/aromatic N) is 2. The van der Waals surface area contributed by atoms with E-state index in [4.69, 9.17) is 0 Å². The maximum atomic E-state index is 12.5. The lowest BCUT2D eigenvalue weighted by Crippen LogP contribution is -2.42. The van der Waals surface area contributed by atoms with Crippen molar-refractivity contribution in [2.45, 2.75) is 32.6 Å². The van der Waals surface area contributed by atoms with Crippen LogP contribution in [0.4, 0.5) is 5.13 Å². The minimum absolute atomic E-state index is 0.0216. The van der Waals surface area contributed by atoms with E-state index in [-0.39, 0.29) is 23.7 Å². The molecule has 2 aromatic rings. The van der Waals surface area contributed by atoms with Crippen molar-refractivity contribution in [3.8, 4) is 11.3 Å². The van der Waals surface area contributed by atoms with Crippen LogP contribution < -0.4 is 5.32 Å². The van der Waals surface area contributed by atoms with Gasteiger partial charge in [-0.3, -0.25) is 9.59 Å². The van der Waals surface area contributed by atoms with Crippen LogP contribution in [0.15, 0.2) is 29.6 Å². The fourth-order valence-corrected chi connectivity index (χ4v) is 4.07. The highest BCUT2D eigenvalue weighted by Gasteiger charge is 2.36. The number of likely N-dealkylation sites (tertiary alicyclic amines) is 1. The summed E-state index contributed by atoms with van der Waals surface area (Å²) in [7, 11) is 0. The van der Waals surface area contributed by atoms with Crippen LogP contribution >= 0.6 is 11.3 Å². The summed E-state index contributed by atoms with van der Waals surface area (Å²) in [5.74, 6) is 0.528. The summed E-state index contributed by atoms with van der Waals surface area (Å²) in [5.41, 5.74) is 3.15. The number of thiazole rings is 1. The number of benzene rings is 1. The molecule has 1 aromatic carbocycles. The fourth-order valence-electron chi connectivity index (χ4n) is 3.35. The number of hydrogen-bond donors (Lipinski definition) is 1. The summed E-state index contributed by atoms with van der Waals surface area (Å²) < 4.78 is 0. The molecule has 1 aromatic heterocycles. The Morgan fingerprint density at radius 2 is 1.77 bits per heavy atom. The van der Waals surface area contributed by atoms with E-state index >= 15 is 0 Å². The van der Waals surface area contributed by atoms with E-state index in [2.05, 4.69) is 29.4 Å². The van der Waals surface area contributed by atoms with Gasteiger partial charge in [-0.25, -0.2) is 4.98 Å². The second-order valence-corrected chi connectivity index (χ2v) is 8.13. The zero-order valence-corrected chi connectivity index (χ0v) is 15.7. The molecule has 2 aliphatic rings. The third-order valence-corrected chi connectivity index (χ3v) is 5.94. The standard InChI is InChI=1S/C20H23N3O2S/c1-13-2-4-14(5-3-13)17-12-26-20(21-17)22-18(24)15-8-10-23(11-9-15)19(25)16-6-7-16/h2-5,12,15-16H,6-11H2,1H3,(H,21,22,24). The van der Waals surface area contributed by atoms with Crippen LogP contribution in [0.1, 0.15) is 31.2 Å². The molecule has 0 bridgehead atoms. The van der Waals surface area contributed by atoms with E-state index in [0.29, 0.717) is 18.2 Å². The number of carbonyl (C=O) groups is 2. The van der Waals surface area contributed by atoms with Gasteiger partial charge < -0.3 is 10.2 Å². The average molecular weight is 369 g/mol. The minimum Gasteiger partial charge on any atom is -0.342 e. The van der Waals surface area contributed by atoms with E-state index in [1.165, 1.54) is 16.9 Å². The molecule has 26 heavy (non-hydrogen) atoms. The van der Waals surface area contributed by atoms with Crippen molar-refractivity contribution >= 4 is 28.3 Å². The van der Waals surface area contributed by atoms with Gasteiger partial charge >= 0.3 is 0 Å². The highest BCUT2D eigenvalue weighted by atomic mass is 32.1. The van der Waals surface area contributed by atoms with Crippen molar-refractivity contribution in [3.63, 3.8) is 0 Å². The van der Waals surface area contributed by atoms with Crippen molar-refractivity contribution in [2.75, 3.05) is 18.4 Å². The molecule has 4 rings (SSSR count). The maximum Gasteiger partial charge on any atom is 0.229 e. The Balaban J connectivity index is 1.32. The smallest absolute Gasteiger partial charge is 0.229 e. The second-order valence-electron chi connectivity index (χ2n) is 7.27. The van der Waals surface area contributed by atoms with Crippen LogP contribution in [0.2, 0.25) is 0 Å². The zero-order valence-electron chi connectivity index (χ0n) is 14.9. The van der Waals surface area contributed by atoms with Gasteiger partial charge in [0.15, 0.2) is 5.13 Å². The Labute approximate surface area is 157 Å². The molecular formula is C20H23N3O2S. The normalized spacial score (nSPS) is 18.0. The number of aromatic nitrogens is 1. The van der Waals surface area contributed by atoms with Gasteiger partial charge in [0.1, 0.15) is 0 Å². The lowest BCUT2D eigenvalue weighted by Gasteiger charge is -2.31. The highest BCUT2D eigenvalue weighted by molar-refractivity contribution is 7.14. The van der Waals surface area contributed by atoms with Crippen LogP contribution in [-0.2, 0) is 9.59 Å². The molecular weight excluding hydrogens is 346 g/mol. The number of rotatable bonds is 4. The molecule has 1 aliphatic heterocycles. The van der Waals surface area contributed by atoms with Gasteiger partial charge in [-0.15, -0.1) is 11.3 Å². The molecule has 6 heteroatoms. The Hall–Kier alpha value is -2.21. The molecule has 2 amide bonds. The summed E-state index contributed by atoms with van der Waals surface area (Å²) in [4.78, 5) is 31.1. The SMILES string of the molecule is Cc1ccc(-c2csc(NC(=O)C3CCN(C(=O)C4CC4)CC3)n2)cc1. The molecule has 1 saturated heterocycles. The molecule has 1 saturated carbocycles. The third-order valence-electron chi connectivity index (χ3n) is 5.19. The predicted octanol–water partition coefficient (Wildman–Crippen LogP) is 3.71. The monoisotopic (exact) mass is 369 g/mol. The first-order valence-electron chi connectivity index (χ1n) is 9.22. The Morgan fingerprint density at radius 1 is 1.08 bits per heavy atom. The largest absolute Gasteiger partial charge is 0.342 e. The van der Waals surface area contributed by atoms with Crippen LogP contribution in [0.3, 0.4) is 0 Å². The molecule has 0 spiro atoms. The molecule has 1 aliphatic carbocycles. The highest BCUT2D eigenvalue weighted by Crippen LogP contribution is 2.33. The van der Waals surface area contributed by atoms with Gasteiger partial charge in [0, 0.05) is 35.9 Å². The zero-order chi connectivity index (χ0) is 18.1. The third kappa shape index (κ3) is 3.80. The van der Waals surface area contributed by atoms with E-state index in [1.807, 2.05) is 22.4 Å². The number of piperidine rings is 1. The number of aryl methyl sites for hydroxylation is 1. The van der Waals surface area contributed by atoms with Crippen LogP contribution in [0.5, 0.6) is 0 Å². The topological polar surface area (TPSA) is 62.3 Å². The first-order valence-corrected chi connectivity index (χ1v) is 10.1. The molecule has 2 heterocycles. The minimum atomic E-state index is -0.0371. The first kappa shape index (κ1) is 17.2. The Kier molecular flexibility index (Phi) is 4.76. The van der Waals surface area contributed by atoms with Crippen LogP contribution in [-0.4, -0.2) is 34.8 Å². The molecule has 0 radical (unpaired) electrons. The fraction of sp³-hybridized carbons (Fsp3) is 0.450. The molecule has 1 N–H and O–H groups in total. The molecule has 136 valence electrons. The molecule has 2 fully saturated rings. The molecule has 0 unspecified atom stereocenters. The lowest BCUT2D eigenvalue weighted by molar-refractivity contribution is -0.135. The van der Waals surface area contributed by atoms with Gasteiger partial charge in [-0.2, -0.15) is 0 Å². The predicted molar refractivity (Wildman–Crippen MR) is 103 cm³/mol. The van der Waals surface area contributed by atoms with E-state index in [0.717, 1.165) is 36.9 Å². The van der Waals surface area contributed by atoms with Gasteiger partial charge in [-0.1, -0.05) is 29.8 Å². The summed E-state index contributed by atoms with van der Waals surface area (Å²) in [6.45, 7) is 3.44. The van der Waals surface area contributed by atoms with E-state index < -0.39 is 0 Å². The summed E-state index contributed by atoms with van der Waals surface area (Å²) >= 11 is 1.45. The van der Waals surface area contributed by atoms with Gasteiger partial charge in [0.2, 0.25) is 11.8 Å². The molecule has 5 nitrogen and oxygen atoms in total. The van der Waals surface area contributed by atoms with E-state index in [9.17, 15) is 9.59 Å². The first-order chi connectivity index (χ1) is 12.6. The number of nitrogens with one attached hydrogen (secondary N) is 1. The summed E-state index contributed by atoms with van der Waals surface area (Å²) in [6.07, 6.45) is 3.54. The number of anilines is 1. The van der Waals surface area contributed by atoms with Gasteiger partial charge in [0.25, 0.3) is 0 Å². The van der Waals surface area contributed by atoms with Crippen molar-refractivity contribution in [1.29, 1.82) is 0 Å². The van der Waals surface area contributed by atoms with Gasteiger partial charge in [-0.05, 0) is 32.6 Å². The van der Waals surface area contributed by atoms with Crippen molar-refractivity contribution < 1.29 is 9.59 Å². The van der Waals surface area contributed by atoms with E-state index in [1.54, 1.807) is 0 Å². The lowest BCUT2D eigenvalue weighted by atomic mass is 9.95. The number of hydrogen-bond acceptors (Lipinski definition) is 4. The second kappa shape index (κ2) is 7.19. The van der Waals surface area contributed by atoms with Crippen LogP contribution in [0, 0.1) is 18.8 Å². The van der Waals surface area contributed by atoms with Gasteiger partial charge in [0.05, 0.1) is 5.69 Å². The Morgan fingerprint density at radius 3 is 2.42 bits per heavy atom. The van der Waals surface area contributed by atoms with Crippen LogP contribution in [0.25, 0.3) is 11.3 Å². The average Bonchev–Trinajstić information content (AvgIpc) is 3.41. The summed E-state index contributed by atoms with van der Waals surface area (Å²) in [5, 5.41) is 5.57. The molecule has 0 atom stereocenters.